The Kier molecular flexibility index (Phi) is 6.91. The smallest absolute Gasteiger partial charge is 0.0409 e. The fraction of sp³-hybridized carbons (Fsp3) is 1.00. The summed E-state index contributed by atoms with van der Waals surface area (Å²) < 4.78 is 0. The second kappa shape index (κ2) is 8.44. The van der Waals surface area contributed by atoms with Gasteiger partial charge in [0, 0.05) is 0 Å². The largest absolute Gasteiger partial charge is 0.0654 e. The van der Waals surface area contributed by atoms with Gasteiger partial charge in [-0.3, -0.25) is 0 Å². The van der Waals surface area contributed by atoms with E-state index in [1.165, 1.54) is 44.9 Å². The molecule has 0 aromatic heterocycles. The third-order valence-electron chi connectivity index (χ3n) is 6.56. The zero-order valence-electron chi connectivity index (χ0n) is 14.4. The molecule has 0 heterocycles. The first-order valence-electron chi connectivity index (χ1n) is 9.69. The van der Waals surface area contributed by atoms with Crippen molar-refractivity contribution < 1.29 is 0 Å². The monoisotopic (exact) mass is 278 g/mol. The number of hydrogen-bond acceptors (Lipinski definition) is 0. The molecule has 2 saturated carbocycles. The van der Waals surface area contributed by atoms with E-state index in [-0.39, 0.29) is 0 Å². The molecular formula is C20H38. The van der Waals surface area contributed by atoms with Crippen LogP contribution >= 0.6 is 0 Å². The summed E-state index contributed by atoms with van der Waals surface area (Å²) in [7, 11) is 0. The predicted octanol–water partition coefficient (Wildman–Crippen LogP) is 6.84. The van der Waals surface area contributed by atoms with Gasteiger partial charge in [0.15, 0.2) is 0 Å². The lowest BCUT2D eigenvalue weighted by Crippen LogP contribution is -2.24. The van der Waals surface area contributed by atoms with E-state index in [0.717, 1.165) is 29.6 Å². The number of hydrogen-bond donors (Lipinski definition) is 0. The van der Waals surface area contributed by atoms with E-state index >= 15 is 0 Å². The van der Waals surface area contributed by atoms with Gasteiger partial charge in [0.2, 0.25) is 0 Å². The molecule has 0 bridgehead atoms. The van der Waals surface area contributed by atoms with Crippen LogP contribution in [-0.2, 0) is 0 Å². The van der Waals surface area contributed by atoms with Crippen LogP contribution in [0.3, 0.4) is 0 Å². The molecular weight excluding hydrogens is 240 g/mol. The van der Waals surface area contributed by atoms with E-state index in [2.05, 4.69) is 20.8 Å². The Bertz CT molecular complexity index is 249. The molecule has 2 unspecified atom stereocenters. The van der Waals surface area contributed by atoms with Gasteiger partial charge in [0.1, 0.15) is 0 Å². The third-order valence-corrected chi connectivity index (χ3v) is 6.56. The normalized spacial score (nSPS) is 38.9. The molecule has 0 aromatic carbocycles. The minimum atomic E-state index is 0.985. The Morgan fingerprint density at radius 1 is 0.700 bits per heavy atom. The molecule has 2 aliphatic rings. The van der Waals surface area contributed by atoms with Crippen molar-refractivity contribution in [2.45, 2.75) is 97.8 Å². The average Bonchev–Trinajstić information content (AvgIpc) is 2.45. The van der Waals surface area contributed by atoms with E-state index in [9.17, 15) is 0 Å². The summed E-state index contributed by atoms with van der Waals surface area (Å²) in [6.45, 7) is 7.27. The maximum atomic E-state index is 2.49. The highest BCUT2D eigenvalue weighted by atomic mass is 14.3. The zero-order valence-corrected chi connectivity index (χ0v) is 14.4. The van der Waals surface area contributed by atoms with Crippen molar-refractivity contribution in [3.8, 4) is 0 Å². The highest BCUT2D eigenvalue weighted by Crippen LogP contribution is 2.41. The lowest BCUT2D eigenvalue weighted by molar-refractivity contribution is 0.157. The van der Waals surface area contributed by atoms with Gasteiger partial charge in [-0.25, -0.2) is 0 Å². The van der Waals surface area contributed by atoms with Gasteiger partial charge in [0.05, 0.1) is 0 Å². The summed E-state index contributed by atoms with van der Waals surface area (Å²) in [5.41, 5.74) is 0. The Morgan fingerprint density at radius 2 is 1.35 bits per heavy atom. The van der Waals surface area contributed by atoms with Crippen molar-refractivity contribution in [1.82, 2.24) is 0 Å². The van der Waals surface area contributed by atoms with Gasteiger partial charge in [-0.1, -0.05) is 85.0 Å². The Hall–Kier alpha value is 0. The van der Waals surface area contributed by atoms with Crippen LogP contribution in [0, 0.1) is 29.6 Å². The molecule has 0 nitrogen and oxygen atoms in total. The molecule has 0 spiro atoms. The summed E-state index contributed by atoms with van der Waals surface area (Å²) in [6, 6.07) is 0. The molecule has 2 rings (SSSR count). The van der Waals surface area contributed by atoms with E-state index in [1.807, 2.05) is 0 Å². The van der Waals surface area contributed by atoms with Crippen molar-refractivity contribution >= 4 is 0 Å². The summed E-state index contributed by atoms with van der Waals surface area (Å²) in [5, 5.41) is 0. The molecule has 118 valence electrons. The topological polar surface area (TPSA) is 0 Å². The lowest BCUT2D eigenvalue weighted by Gasteiger charge is -2.36. The second-order valence-electron chi connectivity index (χ2n) is 8.25. The standard InChI is InChI=1S/C20H38/c1-4-5-6-7-18-10-12-19(13-11-18)15-20-9-8-16(2)17(3)14-20/h16-20H,4-15H2,1-3H3/t16-,17?,18?,19?,20?/m1/s1. The van der Waals surface area contributed by atoms with E-state index in [0.29, 0.717) is 0 Å². The molecule has 0 radical (unpaired) electrons. The maximum Gasteiger partial charge on any atom is -0.0409 e. The molecule has 0 heteroatoms. The van der Waals surface area contributed by atoms with Gasteiger partial charge < -0.3 is 0 Å². The van der Waals surface area contributed by atoms with Crippen molar-refractivity contribution in [2.75, 3.05) is 0 Å². The molecule has 0 amide bonds. The van der Waals surface area contributed by atoms with Crippen LogP contribution in [0.1, 0.15) is 97.8 Å². The Labute approximate surface area is 128 Å². The van der Waals surface area contributed by atoms with Gasteiger partial charge in [0.25, 0.3) is 0 Å². The first-order chi connectivity index (χ1) is 9.69. The first kappa shape index (κ1) is 16.4. The van der Waals surface area contributed by atoms with E-state index in [4.69, 9.17) is 0 Å². The lowest BCUT2D eigenvalue weighted by atomic mass is 9.70. The van der Waals surface area contributed by atoms with Crippen LogP contribution in [0.15, 0.2) is 0 Å². The SMILES string of the molecule is CCCCCC1CCC(CC2CC[C@@H](C)C(C)C2)CC1. The van der Waals surface area contributed by atoms with Crippen molar-refractivity contribution in [3.05, 3.63) is 0 Å². The average molecular weight is 279 g/mol. The van der Waals surface area contributed by atoms with E-state index in [1.54, 1.807) is 32.1 Å². The molecule has 0 aromatic rings. The maximum absolute atomic E-state index is 2.49. The molecule has 0 aliphatic heterocycles. The van der Waals surface area contributed by atoms with Crippen LogP contribution in [0.4, 0.5) is 0 Å². The van der Waals surface area contributed by atoms with Crippen molar-refractivity contribution in [1.29, 1.82) is 0 Å². The fourth-order valence-electron chi connectivity index (χ4n) is 4.78. The van der Waals surface area contributed by atoms with Gasteiger partial charge in [-0.2, -0.15) is 0 Å². The second-order valence-corrected chi connectivity index (χ2v) is 8.25. The molecule has 20 heavy (non-hydrogen) atoms. The highest BCUT2D eigenvalue weighted by molar-refractivity contribution is 4.80. The molecule has 0 N–H and O–H groups in total. The van der Waals surface area contributed by atoms with Gasteiger partial charge in [-0.15, -0.1) is 0 Å². The molecule has 2 aliphatic carbocycles. The third kappa shape index (κ3) is 5.08. The van der Waals surface area contributed by atoms with E-state index < -0.39 is 0 Å². The van der Waals surface area contributed by atoms with Gasteiger partial charge >= 0.3 is 0 Å². The molecule has 0 saturated heterocycles. The summed E-state index contributed by atoms with van der Waals surface area (Å²) in [6.07, 6.45) is 18.2. The van der Waals surface area contributed by atoms with Crippen LogP contribution in [-0.4, -0.2) is 0 Å². The summed E-state index contributed by atoms with van der Waals surface area (Å²) >= 11 is 0. The zero-order chi connectivity index (χ0) is 14.4. The Balaban J connectivity index is 1.62. The quantitative estimate of drug-likeness (QED) is 0.467. The van der Waals surface area contributed by atoms with Crippen molar-refractivity contribution in [2.24, 2.45) is 29.6 Å². The predicted molar refractivity (Wildman–Crippen MR) is 89.9 cm³/mol. The number of unbranched alkanes of at least 4 members (excludes halogenated alkanes) is 2. The van der Waals surface area contributed by atoms with Crippen LogP contribution in [0.2, 0.25) is 0 Å². The van der Waals surface area contributed by atoms with Crippen LogP contribution in [0.25, 0.3) is 0 Å². The fourth-order valence-corrected chi connectivity index (χ4v) is 4.78. The van der Waals surface area contributed by atoms with Crippen molar-refractivity contribution in [3.63, 3.8) is 0 Å². The number of rotatable bonds is 6. The van der Waals surface area contributed by atoms with Gasteiger partial charge in [-0.05, 0) is 42.4 Å². The molecule has 2 fully saturated rings. The minimum absolute atomic E-state index is 0.985. The first-order valence-corrected chi connectivity index (χ1v) is 9.69. The molecule has 3 atom stereocenters. The highest BCUT2D eigenvalue weighted by Gasteiger charge is 2.28. The minimum Gasteiger partial charge on any atom is -0.0654 e. The van der Waals surface area contributed by atoms with Crippen LogP contribution in [0.5, 0.6) is 0 Å². The summed E-state index contributed by atoms with van der Waals surface area (Å²) in [4.78, 5) is 0. The summed E-state index contributed by atoms with van der Waals surface area (Å²) in [5.74, 6) is 5.22. The van der Waals surface area contributed by atoms with Crippen LogP contribution < -0.4 is 0 Å². The Morgan fingerprint density at radius 3 is 2.00 bits per heavy atom.